The number of hydrogen-bond donors (Lipinski definition) is 12. The maximum atomic E-state index is 12.5. The van der Waals surface area contributed by atoms with Crippen LogP contribution in [0.3, 0.4) is 0 Å². The first-order chi connectivity index (χ1) is 26.1. The van der Waals surface area contributed by atoms with Crippen LogP contribution in [0.4, 0.5) is 4.79 Å². The molecule has 12 N–H and O–H groups in total. The molecule has 0 aromatic carbocycles. The first-order valence-electron chi connectivity index (χ1n) is 18.3. The van der Waals surface area contributed by atoms with Gasteiger partial charge in [0, 0.05) is 42.1 Å². The number of nitrogens with two attached hydrogens (primary N) is 1. The zero-order valence-electron chi connectivity index (χ0n) is 31.2. The predicted octanol–water partition coefficient (Wildman–Crippen LogP) is -2.71. The lowest BCUT2D eigenvalue weighted by atomic mass is 9.93. The lowest BCUT2D eigenvalue weighted by molar-refractivity contribution is -0.135. The van der Waals surface area contributed by atoms with Crippen molar-refractivity contribution < 1.29 is 48.4 Å². The summed E-state index contributed by atoms with van der Waals surface area (Å²) in [6.45, 7) is 2.52. The van der Waals surface area contributed by atoms with E-state index < -0.39 is 79.0 Å². The zero-order chi connectivity index (χ0) is 40.9. The normalized spacial score (nSPS) is 18.7. The van der Waals surface area contributed by atoms with Crippen LogP contribution in [0.15, 0.2) is 0 Å². The number of hydroxylamine groups is 1. The summed E-state index contributed by atoms with van der Waals surface area (Å²) in [6.07, 6.45) is 4.19. The molecule has 22 heteroatoms. The number of urea groups is 1. The van der Waals surface area contributed by atoms with Gasteiger partial charge in [0.05, 0.1) is 31.7 Å². The van der Waals surface area contributed by atoms with Gasteiger partial charge in [0.25, 0.3) is 0 Å². The highest BCUT2D eigenvalue weighted by atomic mass is 32.2. The molecular formula is C33H56N10O10S2. The minimum absolute atomic E-state index is 0.0516. The Kier molecular flexibility index (Phi) is 21.3. The minimum atomic E-state index is -1.17. The summed E-state index contributed by atoms with van der Waals surface area (Å²) in [6, 6.07) is -1.98. The molecule has 1 unspecified atom stereocenters. The van der Waals surface area contributed by atoms with E-state index in [1.54, 1.807) is 0 Å². The highest BCUT2D eigenvalue weighted by molar-refractivity contribution is 8.00. The number of primary amides is 1. The van der Waals surface area contributed by atoms with E-state index in [1.165, 1.54) is 5.48 Å². The number of thioether (sulfide) groups is 1. The average Bonchev–Trinajstić information content (AvgIpc) is 3.70. The van der Waals surface area contributed by atoms with Crippen molar-refractivity contribution in [2.75, 3.05) is 37.7 Å². The largest absolute Gasteiger partial charge is 0.368 e. The molecule has 0 aromatic heterocycles. The third-order valence-corrected chi connectivity index (χ3v) is 10.7. The van der Waals surface area contributed by atoms with Crippen molar-refractivity contribution in [2.24, 2.45) is 17.6 Å². The Labute approximate surface area is 329 Å². The van der Waals surface area contributed by atoms with E-state index in [1.807, 2.05) is 25.6 Å². The molecule has 2 rings (SSSR count). The molecule has 10 amide bonds. The van der Waals surface area contributed by atoms with Crippen LogP contribution in [0, 0.1) is 11.8 Å². The van der Waals surface area contributed by atoms with Gasteiger partial charge in [0.1, 0.15) is 12.1 Å². The molecule has 0 aromatic rings. The van der Waals surface area contributed by atoms with E-state index in [0.29, 0.717) is 37.5 Å². The molecule has 0 radical (unpaired) electrons. The van der Waals surface area contributed by atoms with Crippen LogP contribution in [0.25, 0.3) is 0 Å². The SMILES string of the molecule is CC(C)CC(CC(=O)NO)C(=O)NCC(=O)N[C@@H](CS)C(=O)NCC(=O)NCC(=O)N[C@@H](CCCCNC(=O)CCCC[C@@H]1SC[C@@H]2NC(=O)N[C@@H]21)C(N)=O. The van der Waals surface area contributed by atoms with Gasteiger partial charge < -0.3 is 48.3 Å². The minimum Gasteiger partial charge on any atom is -0.368 e. The van der Waals surface area contributed by atoms with Crippen molar-refractivity contribution in [2.45, 2.75) is 101 Å². The van der Waals surface area contributed by atoms with Crippen molar-refractivity contribution in [3.63, 3.8) is 0 Å². The fraction of sp³-hybridized carbons (Fsp3) is 0.727. The second-order valence-corrected chi connectivity index (χ2v) is 15.5. The molecule has 0 spiro atoms. The first kappa shape index (κ1) is 46.8. The van der Waals surface area contributed by atoms with Crippen molar-refractivity contribution in [1.29, 1.82) is 0 Å². The lowest BCUT2D eigenvalue weighted by Gasteiger charge is -2.19. The fourth-order valence-corrected chi connectivity index (χ4v) is 7.80. The summed E-state index contributed by atoms with van der Waals surface area (Å²) in [5.74, 6) is -5.09. The number of rotatable bonds is 26. The highest BCUT2D eigenvalue weighted by Crippen LogP contribution is 2.33. The molecule has 20 nitrogen and oxygen atoms in total. The van der Waals surface area contributed by atoms with Crippen LogP contribution in [0.2, 0.25) is 0 Å². The summed E-state index contributed by atoms with van der Waals surface area (Å²) in [4.78, 5) is 109. The monoisotopic (exact) mass is 816 g/mol. The number of carbonyl (C=O) groups is 9. The third-order valence-electron chi connectivity index (χ3n) is 8.81. The maximum Gasteiger partial charge on any atom is 0.315 e. The highest BCUT2D eigenvalue weighted by Gasteiger charge is 2.42. The molecule has 2 heterocycles. The number of carbonyl (C=O) groups excluding carboxylic acids is 9. The summed E-state index contributed by atoms with van der Waals surface area (Å²) in [7, 11) is 0. The van der Waals surface area contributed by atoms with Crippen LogP contribution in [-0.4, -0.2) is 126 Å². The Hall–Kier alpha value is -4.31. The summed E-state index contributed by atoms with van der Waals surface area (Å²) in [5, 5.41) is 29.7. The number of hydrogen-bond acceptors (Lipinski definition) is 12. The molecule has 0 bridgehead atoms. The molecule has 2 aliphatic heterocycles. The standard InChI is InChI=1S/C33H56N10O10S2/c1-18(2)11-19(12-25(45)43-53)31(50)37-15-28(48)40-21(16-54)32(51)38-13-26(46)36-14-27(47)39-20(30(34)49)7-5-6-10-35-24(44)9-4-3-8-23-29-22(17-55-23)41-33(52)42-29/h18-23,29,53-54H,3-17H2,1-2H3,(H2,34,49)(H,35,44)(H,36,46)(H,37,50)(H,38,51)(H,39,47)(H,40,48)(H,43,45)(H2,41,42,52)/t19?,20-,21-,22-,23-,29-/m0/s1. The zero-order valence-corrected chi connectivity index (χ0v) is 32.9. The summed E-state index contributed by atoms with van der Waals surface area (Å²) < 4.78 is 0. The van der Waals surface area contributed by atoms with E-state index >= 15 is 0 Å². The lowest BCUT2D eigenvalue weighted by Crippen LogP contribution is -2.53. The number of amides is 10. The van der Waals surface area contributed by atoms with Gasteiger partial charge in [-0.05, 0) is 44.4 Å². The van der Waals surface area contributed by atoms with Crippen LogP contribution >= 0.6 is 24.4 Å². The molecule has 6 atom stereocenters. The second kappa shape index (κ2) is 25.0. The molecule has 0 saturated carbocycles. The van der Waals surface area contributed by atoms with Crippen molar-refractivity contribution in [3.8, 4) is 0 Å². The van der Waals surface area contributed by atoms with Crippen LogP contribution < -0.4 is 53.7 Å². The van der Waals surface area contributed by atoms with Crippen molar-refractivity contribution >= 4 is 77.7 Å². The van der Waals surface area contributed by atoms with Crippen molar-refractivity contribution in [1.82, 2.24) is 48.0 Å². The first-order valence-corrected chi connectivity index (χ1v) is 20.0. The van der Waals surface area contributed by atoms with Gasteiger partial charge in [-0.1, -0.05) is 20.3 Å². The molecule has 2 fully saturated rings. The summed E-state index contributed by atoms with van der Waals surface area (Å²) in [5.41, 5.74) is 6.91. The fourth-order valence-electron chi connectivity index (χ4n) is 6.00. The average molecular weight is 817 g/mol. The van der Waals surface area contributed by atoms with Gasteiger partial charge in [-0.2, -0.15) is 24.4 Å². The molecule has 2 saturated heterocycles. The smallest absolute Gasteiger partial charge is 0.315 e. The molecule has 0 aliphatic carbocycles. The van der Waals surface area contributed by atoms with E-state index in [9.17, 15) is 43.2 Å². The number of fused-ring (bicyclic) bond motifs is 1. The van der Waals surface area contributed by atoms with Crippen LogP contribution in [-0.2, 0) is 38.4 Å². The Morgan fingerprint density at radius 1 is 0.818 bits per heavy atom. The van der Waals surface area contributed by atoms with Gasteiger partial charge in [0.15, 0.2) is 0 Å². The van der Waals surface area contributed by atoms with Crippen LogP contribution in [0.1, 0.15) is 71.6 Å². The van der Waals surface area contributed by atoms with E-state index in [4.69, 9.17) is 10.9 Å². The van der Waals surface area contributed by atoms with E-state index in [2.05, 4.69) is 55.2 Å². The predicted molar refractivity (Wildman–Crippen MR) is 204 cm³/mol. The number of thiol groups is 1. The molecule has 310 valence electrons. The number of nitrogens with one attached hydrogen (secondary N) is 9. The van der Waals surface area contributed by atoms with Gasteiger partial charge in [-0.3, -0.25) is 43.6 Å². The third kappa shape index (κ3) is 18.3. The van der Waals surface area contributed by atoms with Gasteiger partial charge in [-0.15, -0.1) is 0 Å². The summed E-state index contributed by atoms with van der Waals surface area (Å²) >= 11 is 5.88. The quantitative estimate of drug-likeness (QED) is 0.0140. The Morgan fingerprint density at radius 2 is 1.47 bits per heavy atom. The number of unbranched alkanes of at least 4 members (excludes halogenated alkanes) is 2. The van der Waals surface area contributed by atoms with E-state index in [0.717, 1.165) is 25.0 Å². The second-order valence-electron chi connectivity index (χ2n) is 13.8. The van der Waals surface area contributed by atoms with E-state index in [-0.39, 0.29) is 48.5 Å². The Morgan fingerprint density at radius 3 is 2.13 bits per heavy atom. The molecular weight excluding hydrogens is 761 g/mol. The van der Waals surface area contributed by atoms with Crippen molar-refractivity contribution in [3.05, 3.63) is 0 Å². The topological polar surface area (TPSA) is 308 Å². The Bertz CT molecular complexity index is 1370. The van der Waals surface area contributed by atoms with Crippen LogP contribution in [0.5, 0.6) is 0 Å². The molecule has 55 heavy (non-hydrogen) atoms. The van der Waals surface area contributed by atoms with Gasteiger partial charge in [0.2, 0.25) is 47.3 Å². The van der Waals surface area contributed by atoms with Gasteiger partial charge in [-0.25, -0.2) is 10.3 Å². The Balaban J connectivity index is 1.59. The van der Waals surface area contributed by atoms with Gasteiger partial charge >= 0.3 is 6.03 Å². The molecule has 2 aliphatic rings. The maximum absolute atomic E-state index is 12.5.